The molecule has 0 bridgehead atoms. The summed E-state index contributed by atoms with van der Waals surface area (Å²) in [6.45, 7) is -0.150. The molecule has 0 unspecified atom stereocenters. The quantitative estimate of drug-likeness (QED) is 0.459. The van der Waals surface area contributed by atoms with E-state index in [0.29, 0.717) is 11.1 Å². The van der Waals surface area contributed by atoms with E-state index >= 15 is 0 Å². The number of nitrogens with one attached hydrogen (secondary N) is 1. The van der Waals surface area contributed by atoms with Gasteiger partial charge in [0, 0.05) is 30.4 Å². The number of aliphatic carboxylic acids is 1. The standard InChI is InChI=1S/C22H21FN2O4.CH2O2/c23-17-3-1-2-14(10-17)12-22(21(28)29)13-25(9-7-19(22)26)20(27)16-5-4-15-6-8-24-18(15)11-16;2-1-3/h1-6,8,10-11,19,24,26H,7,9,12-13H2,(H,28,29);1H,(H,2,3)/t19-,22+;/m0./s1. The zero-order chi connectivity index (χ0) is 23.3. The van der Waals surface area contributed by atoms with Crippen molar-refractivity contribution in [3.05, 3.63) is 71.7 Å². The van der Waals surface area contributed by atoms with Crippen molar-refractivity contribution in [3.63, 3.8) is 0 Å². The van der Waals surface area contributed by atoms with Gasteiger partial charge in [-0.25, -0.2) is 4.39 Å². The third-order valence-corrected chi connectivity index (χ3v) is 5.71. The fourth-order valence-electron chi connectivity index (χ4n) is 4.09. The summed E-state index contributed by atoms with van der Waals surface area (Å²) in [6.07, 6.45) is 0.710. The van der Waals surface area contributed by atoms with Gasteiger partial charge < -0.3 is 25.2 Å². The second-order valence-corrected chi connectivity index (χ2v) is 7.68. The number of benzene rings is 2. The molecule has 168 valence electrons. The van der Waals surface area contributed by atoms with E-state index in [4.69, 9.17) is 9.90 Å². The number of aliphatic hydroxyl groups is 1. The number of aliphatic hydroxyl groups excluding tert-OH is 1. The number of halogens is 1. The second kappa shape index (κ2) is 9.61. The highest BCUT2D eigenvalue weighted by atomic mass is 19.1. The van der Waals surface area contributed by atoms with E-state index in [1.807, 2.05) is 12.1 Å². The molecule has 0 radical (unpaired) electrons. The third kappa shape index (κ3) is 4.62. The topological polar surface area (TPSA) is 131 Å². The van der Waals surface area contributed by atoms with Gasteiger partial charge >= 0.3 is 5.97 Å². The van der Waals surface area contributed by atoms with Crippen LogP contribution in [0.3, 0.4) is 0 Å². The van der Waals surface area contributed by atoms with Gasteiger partial charge in [0.15, 0.2) is 0 Å². The Balaban J connectivity index is 0.000000913. The number of hydrogen-bond acceptors (Lipinski definition) is 4. The number of carbonyl (C=O) groups excluding carboxylic acids is 1. The summed E-state index contributed by atoms with van der Waals surface area (Å²) >= 11 is 0. The van der Waals surface area contributed by atoms with Gasteiger partial charge in [-0.05, 0) is 54.1 Å². The molecule has 1 aliphatic rings. The maximum atomic E-state index is 13.6. The van der Waals surface area contributed by atoms with Gasteiger partial charge in [-0.1, -0.05) is 18.2 Å². The van der Waals surface area contributed by atoms with Crippen LogP contribution in [-0.2, 0) is 16.0 Å². The molecule has 2 aromatic carbocycles. The Morgan fingerprint density at radius 1 is 1.22 bits per heavy atom. The van der Waals surface area contributed by atoms with Crippen LogP contribution in [-0.4, -0.2) is 62.7 Å². The molecule has 9 heteroatoms. The lowest BCUT2D eigenvalue weighted by Gasteiger charge is -2.43. The first-order valence-electron chi connectivity index (χ1n) is 9.91. The van der Waals surface area contributed by atoms with Gasteiger partial charge in [0.25, 0.3) is 12.4 Å². The van der Waals surface area contributed by atoms with Crippen molar-refractivity contribution >= 4 is 29.3 Å². The number of piperidine rings is 1. The minimum atomic E-state index is -1.60. The molecular weight excluding hydrogens is 419 g/mol. The molecule has 4 N–H and O–H groups in total. The number of likely N-dealkylation sites (tertiary alicyclic amines) is 1. The van der Waals surface area contributed by atoms with E-state index in [1.165, 1.54) is 23.1 Å². The fourth-order valence-corrected chi connectivity index (χ4v) is 4.09. The van der Waals surface area contributed by atoms with Crippen LogP contribution in [0.25, 0.3) is 10.9 Å². The van der Waals surface area contributed by atoms with Crippen LogP contribution in [0.2, 0.25) is 0 Å². The van der Waals surface area contributed by atoms with Gasteiger partial charge in [-0.3, -0.25) is 14.4 Å². The van der Waals surface area contributed by atoms with Crippen LogP contribution in [0.15, 0.2) is 54.7 Å². The van der Waals surface area contributed by atoms with E-state index in [2.05, 4.69) is 4.98 Å². The average molecular weight is 442 g/mol. The molecule has 0 aliphatic carbocycles. The number of carboxylic acid groups (broad SMARTS) is 2. The zero-order valence-electron chi connectivity index (χ0n) is 17.1. The molecule has 1 aliphatic heterocycles. The highest BCUT2D eigenvalue weighted by Gasteiger charge is 2.50. The Morgan fingerprint density at radius 3 is 2.66 bits per heavy atom. The van der Waals surface area contributed by atoms with Crippen molar-refractivity contribution in [1.29, 1.82) is 0 Å². The third-order valence-electron chi connectivity index (χ3n) is 5.71. The molecule has 1 fully saturated rings. The predicted molar refractivity (Wildman–Crippen MR) is 114 cm³/mol. The van der Waals surface area contributed by atoms with Gasteiger partial charge in [-0.15, -0.1) is 0 Å². The summed E-state index contributed by atoms with van der Waals surface area (Å²) in [7, 11) is 0. The van der Waals surface area contributed by atoms with Gasteiger partial charge in [0.2, 0.25) is 0 Å². The van der Waals surface area contributed by atoms with E-state index in [1.54, 1.807) is 24.4 Å². The second-order valence-electron chi connectivity index (χ2n) is 7.68. The highest BCUT2D eigenvalue weighted by Crippen LogP contribution is 2.35. The summed E-state index contributed by atoms with van der Waals surface area (Å²) in [4.78, 5) is 38.2. The minimum absolute atomic E-state index is 0.0687. The lowest BCUT2D eigenvalue weighted by atomic mass is 9.72. The van der Waals surface area contributed by atoms with Crippen LogP contribution in [0.4, 0.5) is 4.39 Å². The summed E-state index contributed by atoms with van der Waals surface area (Å²) in [5, 5.41) is 28.4. The van der Waals surface area contributed by atoms with Crippen molar-refractivity contribution in [2.24, 2.45) is 5.41 Å². The molecule has 2 heterocycles. The SMILES string of the molecule is O=C(c1ccc2cc[nH]c2c1)N1CC[C@H](O)[C@](Cc2cccc(F)c2)(C(=O)O)C1.O=CO. The molecule has 1 aromatic heterocycles. The summed E-state index contributed by atoms with van der Waals surface area (Å²) in [6, 6.07) is 12.8. The van der Waals surface area contributed by atoms with Crippen LogP contribution in [0.5, 0.6) is 0 Å². The molecule has 2 atom stereocenters. The van der Waals surface area contributed by atoms with Gasteiger partial charge in [0.05, 0.1) is 6.10 Å². The molecule has 1 amide bonds. The Labute approximate surface area is 182 Å². The number of H-pyrrole nitrogens is 1. The number of carbonyl (C=O) groups is 3. The maximum Gasteiger partial charge on any atom is 0.314 e. The van der Waals surface area contributed by atoms with Crippen molar-refractivity contribution in [2.45, 2.75) is 18.9 Å². The Morgan fingerprint density at radius 2 is 1.97 bits per heavy atom. The van der Waals surface area contributed by atoms with Crippen LogP contribution < -0.4 is 0 Å². The van der Waals surface area contributed by atoms with Gasteiger partial charge in [0.1, 0.15) is 11.2 Å². The average Bonchev–Trinajstić information content (AvgIpc) is 3.23. The maximum absolute atomic E-state index is 13.6. The molecule has 4 rings (SSSR count). The Hall–Kier alpha value is -3.72. The predicted octanol–water partition coefficient (Wildman–Crippen LogP) is 2.53. The van der Waals surface area contributed by atoms with E-state index < -0.39 is 23.3 Å². The molecule has 32 heavy (non-hydrogen) atoms. The first-order valence-corrected chi connectivity index (χ1v) is 9.91. The molecule has 8 nitrogen and oxygen atoms in total. The van der Waals surface area contributed by atoms with Crippen molar-refractivity contribution in [1.82, 2.24) is 9.88 Å². The number of aromatic nitrogens is 1. The number of fused-ring (bicyclic) bond motifs is 1. The smallest absolute Gasteiger partial charge is 0.314 e. The van der Waals surface area contributed by atoms with Crippen molar-refractivity contribution < 1.29 is 34.1 Å². The summed E-state index contributed by atoms with van der Waals surface area (Å²) < 4.78 is 13.6. The van der Waals surface area contributed by atoms with Crippen LogP contribution in [0, 0.1) is 11.2 Å². The molecule has 3 aromatic rings. The number of rotatable bonds is 4. The molecular formula is C23H23FN2O6. The lowest BCUT2D eigenvalue weighted by molar-refractivity contribution is -0.161. The number of amides is 1. The first kappa shape index (κ1) is 23.0. The van der Waals surface area contributed by atoms with Crippen molar-refractivity contribution in [2.75, 3.05) is 13.1 Å². The molecule has 0 spiro atoms. The number of nitrogens with zero attached hydrogens (tertiary/aromatic N) is 1. The van der Waals surface area contributed by atoms with Crippen molar-refractivity contribution in [3.8, 4) is 0 Å². The van der Waals surface area contributed by atoms with Crippen LogP contribution in [0.1, 0.15) is 22.3 Å². The van der Waals surface area contributed by atoms with E-state index in [0.717, 1.165) is 10.9 Å². The van der Waals surface area contributed by atoms with Crippen LogP contribution >= 0.6 is 0 Å². The lowest BCUT2D eigenvalue weighted by Crippen LogP contribution is -2.58. The summed E-state index contributed by atoms with van der Waals surface area (Å²) in [5.74, 6) is -1.97. The largest absolute Gasteiger partial charge is 0.483 e. The Bertz CT molecular complexity index is 1130. The summed E-state index contributed by atoms with van der Waals surface area (Å²) in [5.41, 5.74) is 0.130. The first-order chi connectivity index (χ1) is 15.3. The van der Waals surface area contributed by atoms with E-state index in [9.17, 15) is 24.2 Å². The van der Waals surface area contributed by atoms with E-state index in [-0.39, 0.29) is 38.3 Å². The fraction of sp³-hybridized carbons (Fsp3) is 0.261. The number of carboxylic acids is 1. The number of aromatic amines is 1. The highest BCUT2D eigenvalue weighted by molar-refractivity contribution is 5.98. The number of hydrogen-bond donors (Lipinski definition) is 4. The Kier molecular flexibility index (Phi) is 6.89. The minimum Gasteiger partial charge on any atom is -0.483 e. The molecule has 1 saturated heterocycles. The monoisotopic (exact) mass is 442 g/mol. The van der Waals surface area contributed by atoms with Gasteiger partial charge in [-0.2, -0.15) is 0 Å². The normalized spacial score (nSPS) is 20.3. The zero-order valence-corrected chi connectivity index (χ0v) is 17.1. The molecule has 0 saturated carbocycles.